The lowest BCUT2D eigenvalue weighted by atomic mass is 9.85. The molecule has 0 radical (unpaired) electrons. The molecule has 9 heteroatoms. The first kappa shape index (κ1) is 23.2. The molecule has 1 aliphatic heterocycles. The molecule has 0 spiro atoms. The standard InChI is InChI=1S/C27H23N3O6/c1-26(2,3)36-25(32)30-18(15-28)9-11-21(30)17-8-10-20-19(14-17)27(22-6-4-12-33-22,23-7-5-13-34-23)35-16-24(31)29-20/h4-14H,16H2,1-3H3,(H,29,31). The van der Waals surface area contributed by atoms with Crippen LogP contribution in [0.4, 0.5) is 10.5 Å². The number of nitriles is 1. The van der Waals surface area contributed by atoms with Crippen molar-refractivity contribution in [3.63, 3.8) is 0 Å². The monoisotopic (exact) mass is 485 g/mol. The highest BCUT2D eigenvalue weighted by Crippen LogP contribution is 2.46. The lowest BCUT2D eigenvalue weighted by molar-refractivity contribution is -0.124. The minimum absolute atomic E-state index is 0.127. The molecule has 4 heterocycles. The summed E-state index contributed by atoms with van der Waals surface area (Å²) in [5, 5.41) is 12.5. The number of hydrogen-bond donors (Lipinski definition) is 1. The SMILES string of the molecule is CC(C)(C)OC(=O)n1c(C#N)ccc1-c1ccc2c(c1)C(c1ccco1)(c1ccco1)OCC(=O)N2. The van der Waals surface area contributed by atoms with E-state index in [4.69, 9.17) is 18.3 Å². The average Bonchev–Trinajstić information content (AvgIpc) is 3.60. The van der Waals surface area contributed by atoms with Gasteiger partial charge in [0.05, 0.1) is 18.2 Å². The quantitative estimate of drug-likeness (QED) is 0.420. The van der Waals surface area contributed by atoms with Crippen LogP contribution in [0.25, 0.3) is 11.3 Å². The number of hydrogen-bond acceptors (Lipinski definition) is 7. The summed E-state index contributed by atoms with van der Waals surface area (Å²) in [6.45, 7) is 5.01. The molecule has 0 saturated heterocycles. The molecule has 0 unspecified atom stereocenters. The summed E-state index contributed by atoms with van der Waals surface area (Å²) in [6, 6.07) is 17.4. The van der Waals surface area contributed by atoms with Crippen molar-refractivity contribution in [2.75, 3.05) is 11.9 Å². The van der Waals surface area contributed by atoms with Crippen LogP contribution in [0.1, 0.15) is 43.5 Å². The molecular formula is C27H23N3O6. The highest BCUT2D eigenvalue weighted by molar-refractivity contribution is 5.94. The molecule has 0 atom stereocenters. The molecule has 0 saturated carbocycles. The third-order valence-electron chi connectivity index (χ3n) is 5.70. The van der Waals surface area contributed by atoms with Gasteiger partial charge in [-0.2, -0.15) is 5.26 Å². The maximum atomic E-state index is 13.1. The van der Waals surface area contributed by atoms with Crippen LogP contribution in [-0.4, -0.2) is 28.8 Å². The molecule has 3 aromatic heterocycles. The molecular weight excluding hydrogens is 462 g/mol. The fourth-order valence-electron chi connectivity index (χ4n) is 4.28. The van der Waals surface area contributed by atoms with Gasteiger partial charge in [-0.3, -0.25) is 4.79 Å². The fourth-order valence-corrected chi connectivity index (χ4v) is 4.28. The number of amides is 1. The van der Waals surface area contributed by atoms with E-state index in [0.717, 1.165) is 0 Å². The molecule has 4 aromatic rings. The third kappa shape index (κ3) is 3.87. The number of fused-ring (bicyclic) bond motifs is 1. The Labute approximate surface area is 206 Å². The first-order valence-corrected chi connectivity index (χ1v) is 11.2. The first-order chi connectivity index (χ1) is 17.2. The van der Waals surface area contributed by atoms with E-state index in [2.05, 4.69) is 5.32 Å². The maximum Gasteiger partial charge on any atom is 0.420 e. The zero-order valence-corrected chi connectivity index (χ0v) is 19.9. The molecule has 1 amide bonds. The van der Waals surface area contributed by atoms with E-state index in [-0.39, 0.29) is 18.2 Å². The molecule has 0 bridgehead atoms. The highest BCUT2D eigenvalue weighted by Gasteiger charge is 2.47. The van der Waals surface area contributed by atoms with E-state index in [9.17, 15) is 14.9 Å². The second-order valence-electron chi connectivity index (χ2n) is 9.26. The summed E-state index contributed by atoms with van der Waals surface area (Å²) >= 11 is 0. The van der Waals surface area contributed by atoms with Gasteiger partial charge in [0.15, 0.2) is 0 Å². The van der Waals surface area contributed by atoms with Crippen LogP contribution in [0, 0.1) is 11.3 Å². The number of rotatable bonds is 3. The highest BCUT2D eigenvalue weighted by atomic mass is 16.6. The van der Waals surface area contributed by atoms with Gasteiger partial charge < -0.3 is 23.6 Å². The zero-order valence-electron chi connectivity index (χ0n) is 19.9. The van der Waals surface area contributed by atoms with Crippen molar-refractivity contribution in [3.8, 4) is 17.3 Å². The van der Waals surface area contributed by atoms with Gasteiger partial charge in [-0.1, -0.05) is 6.07 Å². The average molecular weight is 485 g/mol. The Kier molecular flexibility index (Phi) is 5.54. The second kappa shape index (κ2) is 8.59. The van der Waals surface area contributed by atoms with Crippen LogP contribution in [-0.2, 0) is 19.9 Å². The van der Waals surface area contributed by atoms with Crippen LogP contribution in [0.5, 0.6) is 0 Å². The van der Waals surface area contributed by atoms with E-state index >= 15 is 0 Å². The Bertz CT molecular complexity index is 1430. The number of carbonyl (C=O) groups is 2. The van der Waals surface area contributed by atoms with Crippen LogP contribution in [0.3, 0.4) is 0 Å². The van der Waals surface area contributed by atoms with Crippen molar-refractivity contribution < 1.29 is 27.9 Å². The van der Waals surface area contributed by atoms with Gasteiger partial charge in [0, 0.05) is 11.3 Å². The summed E-state index contributed by atoms with van der Waals surface area (Å²) in [7, 11) is 0. The topological polar surface area (TPSA) is 120 Å². The van der Waals surface area contributed by atoms with Crippen molar-refractivity contribution >= 4 is 17.7 Å². The van der Waals surface area contributed by atoms with Gasteiger partial charge in [0.1, 0.15) is 35.5 Å². The molecule has 5 rings (SSSR count). The van der Waals surface area contributed by atoms with Crippen LogP contribution in [0.15, 0.2) is 76.0 Å². The van der Waals surface area contributed by atoms with E-state index in [1.165, 1.54) is 17.1 Å². The van der Waals surface area contributed by atoms with Crippen molar-refractivity contribution in [2.24, 2.45) is 0 Å². The van der Waals surface area contributed by atoms with E-state index in [0.29, 0.717) is 34.0 Å². The predicted octanol–water partition coefficient (Wildman–Crippen LogP) is 5.26. The van der Waals surface area contributed by atoms with Gasteiger partial charge in [-0.25, -0.2) is 9.36 Å². The van der Waals surface area contributed by atoms with E-state index in [1.54, 1.807) is 75.4 Å². The smallest absolute Gasteiger partial charge is 0.420 e. The van der Waals surface area contributed by atoms with Crippen molar-refractivity contribution in [3.05, 3.63) is 89.9 Å². The number of nitrogens with zero attached hydrogens (tertiary/aromatic N) is 2. The molecule has 1 N–H and O–H groups in total. The van der Waals surface area contributed by atoms with Gasteiger partial charge in [0.25, 0.3) is 0 Å². The lowest BCUT2D eigenvalue weighted by Gasteiger charge is -2.30. The van der Waals surface area contributed by atoms with Gasteiger partial charge in [0.2, 0.25) is 11.5 Å². The summed E-state index contributed by atoms with van der Waals surface area (Å²) in [5.74, 6) is 0.480. The second-order valence-corrected chi connectivity index (χ2v) is 9.26. The van der Waals surface area contributed by atoms with E-state index in [1.807, 2.05) is 6.07 Å². The van der Waals surface area contributed by atoms with Crippen LogP contribution in [0.2, 0.25) is 0 Å². The number of aromatic nitrogens is 1. The minimum Gasteiger partial charge on any atom is -0.465 e. The number of benzene rings is 1. The lowest BCUT2D eigenvalue weighted by Crippen LogP contribution is -2.32. The molecule has 1 aromatic carbocycles. The van der Waals surface area contributed by atoms with Gasteiger partial charge in [-0.05, 0) is 74.9 Å². The Balaban J connectivity index is 1.74. The predicted molar refractivity (Wildman–Crippen MR) is 128 cm³/mol. The largest absolute Gasteiger partial charge is 0.465 e. The Morgan fingerprint density at radius 3 is 2.36 bits per heavy atom. The van der Waals surface area contributed by atoms with Crippen molar-refractivity contribution in [1.82, 2.24) is 4.57 Å². The van der Waals surface area contributed by atoms with Crippen molar-refractivity contribution in [2.45, 2.75) is 32.0 Å². The molecule has 1 aliphatic rings. The normalized spacial score (nSPS) is 14.9. The van der Waals surface area contributed by atoms with Crippen LogP contribution < -0.4 is 5.32 Å². The molecule has 9 nitrogen and oxygen atoms in total. The molecule has 182 valence electrons. The van der Waals surface area contributed by atoms with Gasteiger partial charge in [-0.15, -0.1) is 0 Å². The summed E-state index contributed by atoms with van der Waals surface area (Å²) < 4.78 is 24.6. The number of ether oxygens (including phenoxy) is 2. The van der Waals surface area contributed by atoms with Crippen LogP contribution >= 0.6 is 0 Å². The summed E-state index contributed by atoms with van der Waals surface area (Å²) in [4.78, 5) is 25.6. The molecule has 0 aliphatic carbocycles. The minimum atomic E-state index is -1.39. The zero-order chi connectivity index (χ0) is 25.5. The maximum absolute atomic E-state index is 13.1. The summed E-state index contributed by atoms with van der Waals surface area (Å²) in [6.07, 6.45) is 2.35. The number of carbonyl (C=O) groups excluding carboxylic acids is 2. The number of nitrogens with one attached hydrogen (secondary N) is 1. The molecule has 36 heavy (non-hydrogen) atoms. The number of anilines is 1. The fraction of sp³-hybridized carbons (Fsp3) is 0.222. The van der Waals surface area contributed by atoms with Crippen molar-refractivity contribution in [1.29, 1.82) is 5.26 Å². The number of furan rings is 2. The third-order valence-corrected chi connectivity index (χ3v) is 5.70. The molecule has 0 fully saturated rings. The Morgan fingerprint density at radius 2 is 1.78 bits per heavy atom. The van der Waals surface area contributed by atoms with Gasteiger partial charge >= 0.3 is 6.09 Å². The Morgan fingerprint density at radius 1 is 1.08 bits per heavy atom. The summed E-state index contributed by atoms with van der Waals surface area (Å²) in [5.41, 5.74) is 0.0256. The van der Waals surface area contributed by atoms with E-state index < -0.39 is 17.3 Å². The first-order valence-electron chi connectivity index (χ1n) is 11.2. The Hall–Kier alpha value is -4.55.